The van der Waals surface area contributed by atoms with Crippen LogP contribution < -0.4 is 5.32 Å². The molecular weight excluding hydrogens is 218 g/mol. The molecule has 1 amide bonds. The number of carbonyl (C=O) groups excluding carboxylic acids is 1. The summed E-state index contributed by atoms with van der Waals surface area (Å²) < 4.78 is 4.94. The van der Waals surface area contributed by atoms with Gasteiger partial charge in [-0.3, -0.25) is 9.78 Å². The average molecular weight is 227 g/mol. The van der Waals surface area contributed by atoms with Crippen LogP contribution in [-0.2, 0) is 0 Å². The normalized spacial score (nSPS) is 11.5. The highest BCUT2D eigenvalue weighted by Crippen LogP contribution is 2.11. The summed E-state index contributed by atoms with van der Waals surface area (Å²) in [6.45, 7) is 0. The molecule has 0 saturated carbocycles. The molecule has 2 heterocycles. The number of nitrogens with one attached hydrogen (secondary N) is 1. The third kappa shape index (κ3) is 2.49. The Morgan fingerprint density at radius 2 is 2.35 bits per heavy atom. The molecule has 1 N–H and O–H groups in total. The Kier molecular flexibility index (Phi) is 3.17. The second-order valence-corrected chi connectivity index (χ2v) is 3.30. The van der Waals surface area contributed by atoms with Crippen molar-refractivity contribution < 1.29 is 9.21 Å². The number of rotatable bonds is 3. The molecule has 5 nitrogen and oxygen atoms in total. The first-order valence-corrected chi connectivity index (χ1v) is 4.95. The molecule has 1 atom stereocenters. The number of amides is 1. The van der Waals surface area contributed by atoms with E-state index in [0.29, 0.717) is 5.56 Å². The monoisotopic (exact) mass is 227 g/mol. The predicted octanol–water partition coefficient (Wildman–Crippen LogP) is 1.67. The Bertz CT molecular complexity index is 529. The number of hydrogen-bond donors (Lipinski definition) is 1. The number of furan rings is 1. The molecule has 0 aliphatic rings. The van der Waals surface area contributed by atoms with Gasteiger partial charge in [0, 0.05) is 18.0 Å². The Labute approximate surface area is 97.7 Å². The van der Waals surface area contributed by atoms with Gasteiger partial charge in [0.2, 0.25) is 0 Å². The van der Waals surface area contributed by atoms with Crippen LogP contribution in [0.4, 0.5) is 0 Å². The first-order valence-electron chi connectivity index (χ1n) is 4.95. The molecule has 0 bridgehead atoms. The van der Waals surface area contributed by atoms with E-state index >= 15 is 0 Å². The van der Waals surface area contributed by atoms with Gasteiger partial charge in [0.05, 0.1) is 12.3 Å². The highest BCUT2D eigenvalue weighted by Gasteiger charge is 2.16. The van der Waals surface area contributed by atoms with Gasteiger partial charge in [0.15, 0.2) is 5.76 Å². The lowest BCUT2D eigenvalue weighted by Crippen LogP contribution is -2.27. The van der Waals surface area contributed by atoms with E-state index < -0.39 is 11.9 Å². The van der Waals surface area contributed by atoms with Crippen molar-refractivity contribution in [3.05, 3.63) is 54.2 Å². The summed E-state index contributed by atoms with van der Waals surface area (Å²) in [5.41, 5.74) is 0.634. The molecular formula is C12H9N3O2. The zero-order valence-electron chi connectivity index (χ0n) is 8.83. The van der Waals surface area contributed by atoms with Crippen molar-refractivity contribution in [2.45, 2.75) is 6.04 Å². The van der Waals surface area contributed by atoms with Crippen LogP contribution in [0, 0.1) is 11.3 Å². The Morgan fingerprint density at radius 3 is 2.94 bits per heavy atom. The molecule has 0 aliphatic carbocycles. The van der Waals surface area contributed by atoms with Gasteiger partial charge in [0.1, 0.15) is 6.04 Å². The minimum absolute atomic E-state index is 0.175. The number of nitriles is 1. The molecule has 0 aromatic carbocycles. The van der Waals surface area contributed by atoms with Crippen LogP contribution in [-0.4, -0.2) is 10.9 Å². The van der Waals surface area contributed by atoms with Crippen molar-refractivity contribution in [3.8, 4) is 6.07 Å². The van der Waals surface area contributed by atoms with Gasteiger partial charge in [-0.2, -0.15) is 5.26 Å². The third-order valence-corrected chi connectivity index (χ3v) is 2.17. The van der Waals surface area contributed by atoms with Crippen molar-refractivity contribution in [2.75, 3.05) is 0 Å². The maximum Gasteiger partial charge on any atom is 0.288 e. The van der Waals surface area contributed by atoms with E-state index in [4.69, 9.17) is 9.68 Å². The second-order valence-electron chi connectivity index (χ2n) is 3.30. The van der Waals surface area contributed by atoms with Crippen molar-refractivity contribution >= 4 is 5.91 Å². The maximum absolute atomic E-state index is 11.7. The van der Waals surface area contributed by atoms with Crippen LogP contribution in [0.25, 0.3) is 0 Å². The Balaban J connectivity index is 2.12. The lowest BCUT2D eigenvalue weighted by atomic mass is 10.1. The largest absolute Gasteiger partial charge is 0.459 e. The zero-order chi connectivity index (χ0) is 12.1. The van der Waals surface area contributed by atoms with Gasteiger partial charge in [-0.25, -0.2) is 0 Å². The molecule has 84 valence electrons. The fourth-order valence-corrected chi connectivity index (χ4v) is 1.35. The Hall–Kier alpha value is -2.61. The summed E-state index contributed by atoms with van der Waals surface area (Å²) in [5, 5.41) is 11.6. The molecule has 17 heavy (non-hydrogen) atoms. The minimum atomic E-state index is -0.735. The van der Waals surface area contributed by atoms with E-state index in [9.17, 15) is 4.79 Å². The SMILES string of the molecule is N#CC(NC(=O)c1ccco1)c1cccnc1. The van der Waals surface area contributed by atoms with Gasteiger partial charge in [-0.15, -0.1) is 0 Å². The lowest BCUT2D eigenvalue weighted by molar-refractivity contribution is 0.0917. The first-order chi connectivity index (χ1) is 8.31. The number of nitrogens with zero attached hydrogens (tertiary/aromatic N) is 2. The second kappa shape index (κ2) is 4.94. The minimum Gasteiger partial charge on any atom is -0.459 e. The molecule has 0 radical (unpaired) electrons. The van der Waals surface area contributed by atoms with Crippen LogP contribution >= 0.6 is 0 Å². The van der Waals surface area contributed by atoms with Crippen LogP contribution in [0.2, 0.25) is 0 Å². The number of aromatic nitrogens is 1. The van der Waals surface area contributed by atoms with E-state index in [-0.39, 0.29) is 5.76 Å². The Morgan fingerprint density at radius 1 is 1.47 bits per heavy atom. The maximum atomic E-state index is 11.7. The quantitative estimate of drug-likeness (QED) is 0.864. The smallest absolute Gasteiger partial charge is 0.288 e. The van der Waals surface area contributed by atoms with Crippen LogP contribution in [0.3, 0.4) is 0 Å². The summed E-state index contributed by atoms with van der Waals surface area (Å²) in [4.78, 5) is 15.6. The molecule has 0 aliphatic heterocycles. The van der Waals surface area contributed by atoms with Gasteiger partial charge in [-0.1, -0.05) is 6.07 Å². The highest BCUT2D eigenvalue weighted by atomic mass is 16.3. The predicted molar refractivity (Wildman–Crippen MR) is 58.8 cm³/mol. The molecule has 2 aromatic heterocycles. The summed E-state index contributed by atoms with van der Waals surface area (Å²) in [6, 6.07) is 7.84. The van der Waals surface area contributed by atoms with E-state index in [2.05, 4.69) is 10.3 Å². The van der Waals surface area contributed by atoms with E-state index in [1.54, 1.807) is 24.4 Å². The third-order valence-electron chi connectivity index (χ3n) is 2.17. The van der Waals surface area contributed by atoms with Crippen molar-refractivity contribution in [1.29, 1.82) is 5.26 Å². The van der Waals surface area contributed by atoms with E-state index in [0.717, 1.165) is 0 Å². The summed E-state index contributed by atoms with van der Waals surface area (Å²) in [6.07, 6.45) is 4.54. The molecule has 1 unspecified atom stereocenters. The molecule has 5 heteroatoms. The van der Waals surface area contributed by atoms with E-state index in [1.807, 2.05) is 6.07 Å². The van der Waals surface area contributed by atoms with Gasteiger partial charge < -0.3 is 9.73 Å². The van der Waals surface area contributed by atoms with Gasteiger partial charge in [0.25, 0.3) is 5.91 Å². The van der Waals surface area contributed by atoms with Crippen molar-refractivity contribution in [3.63, 3.8) is 0 Å². The standard InChI is InChI=1S/C12H9N3O2/c13-7-10(9-3-1-5-14-8-9)15-12(16)11-4-2-6-17-11/h1-6,8,10H,(H,15,16). The molecule has 0 spiro atoms. The lowest BCUT2D eigenvalue weighted by Gasteiger charge is -2.09. The number of pyridine rings is 1. The average Bonchev–Trinajstić information content (AvgIpc) is 2.90. The van der Waals surface area contributed by atoms with Crippen LogP contribution in [0.5, 0.6) is 0 Å². The van der Waals surface area contributed by atoms with Crippen LogP contribution in [0.15, 0.2) is 47.3 Å². The summed E-state index contributed by atoms with van der Waals surface area (Å²) in [5.74, 6) is -0.250. The fourth-order valence-electron chi connectivity index (χ4n) is 1.35. The highest BCUT2D eigenvalue weighted by molar-refractivity contribution is 5.91. The first kappa shape index (κ1) is 10.9. The molecule has 0 fully saturated rings. The fraction of sp³-hybridized carbons (Fsp3) is 0.0833. The van der Waals surface area contributed by atoms with Gasteiger partial charge >= 0.3 is 0 Å². The van der Waals surface area contributed by atoms with Crippen LogP contribution in [0.1, 0.15) is 22.2 Å². The zero-order valence-corrected chi connectivity index (χ0v) is 8.83. The van der Waals surface area contributed by atoms with Crippen molar-refractivity contribution in [2.24, 2.45) is 0 Å². The molecule has 2 rings (SSSR count). The molecule has 2 aromatic rings. The summed E-state index contributed by atoms with van der Waals surface area (Å²) in [7, 11) is 0. The topological polar surface area (TPSA) is 78.9 Å². The van der Waals surface area contributed by atoms with E-state index in [1.165, 1.54) is 18.5 Å². The van der Waals surface area contributed by atoms with Crippen molar-refractivity contribution in [1.82, 2.24) is 10.3 Å². The van der Waals surface area contributed by atoms with Gasteiger partial charge in [-0.05, 0) is 18.2 Å². The summed E-state index contributed by atoms with van der Waals surface area (Å²) >= 11 is 0. The number of carbonyl (C=O) groups is 1. The number of hydrogen-bond acceptors (Lipinski definition) is 4. The molecule has 0 saturated heterocycles.